The largest absolute Gasteiger partial charge is 0.331 e. The van der Waals surface area contributed by atoms with E-state index in [2.05, 4.69) is 11.4 Å². The number of carbonyl (C=O) groups is 1. The van der Waals surface area contributed by atoms with Crippen molar-refractivity contribution in [2.24, 2.45) is 0 Å². The van der Waals surface area contributed by atoms with Gasteiger partial charge in [0.1, 0.15) is 5.82 Å². The summed E-state index contributed by atoms with van der Waals surface area (Å²) in [5, 5.41) is 2.08. The molecule has 4 heteroatoms. The number of carbonyl (C=O) groups excluding carboxylic acids is 1. The molecule has 2 aromatic rings. The summed E-state index contributed by atoms with van der Waals surface area (Å²) in [4.78, 5) is 15.7. The molecule has 0 unspecified atom stereocenters. The maximum Gasteiger partial charge on any atom is 0.254 e. The molecule has 0 spiro atoms. The number of fused-ring (bicyclic) bond motifs is 1. The maximum absolute atomic E-state index is 12.9. The van der Waals surface area contributed by atoms with Gasteiger partial charge < -0.3 is 4.90 Å². The lowest BCUT2D eigenvalue weighted by Gasteiger charge is -2.33. The number of halogens is 1. The van der Waals surface area contributed by atoms with Crippen LogP contribution >= 0.6 is 11.3 Å². The Morgan fingerprint density at radius 3 is 2.79 bits per heavy atom. The Morgan fingerprint density at radius 1 is 1.32 bits per heavy atom. The van der Waals surface area contributed by atoms with E-state index in [9.17, 15) is 9.18 Å². The van der Waals surface area contributed by atoms with Gasteiger partial charge in [-0.05, 0) is 54.6 Å². The van der Waals surface area contributed by atoms with E-state index in [1.165, 1.54) is 22.6 Å². The summed E-state index contributed by atoms with van der Waals surface area (Å²) in [5.41, 5.74) is 1.79. The van der Waals surface area contributed by atoms with Crippen LogP contribution in [0.3, 0.4) is 0 Å². The minimum absolute atomic E-state index is 0.0237. The highest BCUT2D eigenvalue weighted by atomic mass is 32.1. The first-order valence-corrected chi connectivity index (χ1v) is 7.17. The van der Waals surface area contributed by atoms with Gasteiger partial charge in [-0.3, -0.25) is 4.79 Å². The third-order valence-electron chi connectivity index (χ3n) is 3.63. The van der Waals surface area contributed by atoms with E-state index < -0.39 is 0 Å². The molecule has 1 atom stereocenters. The molecule has 1 aromatic heterocycles. The molecule has 2 heterocycles. The number of nitrogens with zero attached hydrogens (tertiary/aromatic N) is 1. The van der Waals surface area contributed by atoms with Crippen molar-refractivity contribution in [1.82, 2.24) is 4.90 Å². The Bertz CT molecular complexity index is 605. The first-order valence-electron chi connectivity index (χ1n) is 6.29. The number of benzene rings is 1. The second-order valence-corrected chi connectivity index (χ2v) is 5.73. The van der Waals surface area contributed by atoms with Gasteiger partial charge in [-0.15, -0.1) is 11.3 Å². The van der Waals surface area contributed by atoms with Crippen molar-refractivity contribution in [3.05, 3.63) is 57.5 Å². The quantitative estimate of drug-likeness (QED) is 0.778. The Kier molecular flexibility index (Phi) is 3.11. The van der Waals surface area contributed by atoms with Crippen molar-refractivity contribution in [2.75, 3.05) is 6.54 Å². The predicted octanol–water partition coefficient (Wildman–Crippen LogP) is 3.65. The van der Waals surface area contributed by atoms with Crippen LogP contribution in [-0.2, 0) is 6.42 Å². The molecule has 0 radical (unpaired) electrons. The first kappa shape index (κ1) is 12.4. The normalized spacial score (nSPS) is 18.2. The van der Waals surface area contributed by atoms with Gasteiger partial charge in [-0.25, -0.2) is 4.39 Å². The van der Waals surface area contributed by atoms with E-state index >= 15 is 0 Å². The third kappa shape index (κ3) is 2.16. The average molecular weight is 275 g/mol. The van der Waals surface area contributed by atoms with Gasteiger partial charge >= 0.3 is 0 Å². The van der Waals surface area contributed by atoms with Gasteiger partial charge in [-0.1, -0.05) is 0 Å². The third-order valence-corrected chi connectivity index (χ3v) is 4.63. The molecule has 0 bridgehead atoms. The van der Waals surface area contributed by atoms with Crippen LogP contribution in [0.5, 0.6) is 0 Å². The SMILES string of the molecule is C[C@H]1c2ccsc2CCN1C(=O)c1ccc(F)cc1. The molecule has 3 rings (SSSR count). The second kappa shape index (κ2) is 4.78. The molecule has 1 amide bonds. The molecule has 1 aromatic carbocycles. The second-order valence-electron chi connectivity index (χ2n) is 4.73. The number of hydrogen-bond acceptors (Lipinski definition) is 2. The van der Waals surface area contributed by atoms with Crippen molar-refractivity contribution in [2.45, 2.75) is 19.4 Å². The highest BCUT2D eigenvalue weighted by molar-refractivity contribution is 7.10. The fourth-order valence-corrected chi connectivity index (χ4v) is 3.51. The highest BCUT2D eigenvalue weighted by Crippen LogP contribution is 2.33. The summed E-state index contributed by atoms with van der Waals surface area (Å²) < 4.78 is 12.9. The lowest BCUT2D eigenvalue weighted by atomic mass is 10.0. The van der Waals surface area contributed by atoms with E-state index in [0.717, 1.165) is 13.0 Å². The molecule has 19 heavy (non-hydrogen) atoms. The molecule has 0 aliphatic carbocycles. The summed E-state index contributed by atoms with van der Waals surface area (Å²) in [6.45, 7) is 2.77. The summed E-state index contributed by atoms with van der Waals surface area (Å²) in [6.07, 6.45) is 0.907. The fraction of sp³-hybridized carbons (Fsp3) is 0.267. The van der Waals surface area contributed by atoms with Crippen LogP contribution in [0.2, 0.25) is 0 Å². The van der Waals surface area contributed by atoms with Crippen molar-refractivity contribution in [3.8, 4) is 0 Å². The van der Waals surface area contributed by atoms with Crippen molar-refractivity contribution < 1.29 is 9.18 Å². The molecule has 0 saturated carbocycles. The van der Waals surface area contributed by atoms with Crippen molar-refractivity contribution in [3.63, 3.8) is 0 Å². The van der Waals surface area contributed by atoms with E-state index in [-0.39, 0.29) is 17.8 Å². The Morgan fingerprint density at radius 2 is 2.05 bits per heavy atom. The van der Waals surface area contributed by atoms with E-state index in [0.29, 0.717) is 5.56 Å². The molecule has 0 saturated heterocycles. The first-order chi connectivity index (χ1) is 9.16. The van der Waals surface area contributed by atoms with Gasteiger partial charge in [0, 0.05) is 17.0 Å². The summed E-state index contributed by atoms with van der Waals surface area (Å²) in [6, 6.07) is 7.94. The van der Waals surface area contributed by atoms with E-state index in [4.69, 9.17) is 0 Å². The van der Waals surface area contributed by atoms with Gasteiger partial charge in [0.05, 0.1) is 6.04 Å². The number of thiophene rings is 1. The zero-order valence-electron chi connectivity index (χ0n) is 10.6. The molecule has 1 aliphatic rings. The zero-order chi connectivity index (χ0) is 13.4. The van der Waals surface area contributed by atoms with Gasteiger partial charge in [0.15, 0.2) is 0 Å². The van der Waals surface area contributed by atoms with Gasteiger partial charge in [0.2, 0.25) is 0 Å². The molecule has 1 aliphatic heterocycles. The predicted molar refractivity (Wildman–Crippen MR) is 73.9 cm³/mol. The van der Waals surface area contributed by atoms with Crippen LogP contribution in [0, 0.1) is 5.82 Å². The van der Waals surface area contributed by atoms with E-state index in [1.807, 2.05) is 11.8 Å². The fourth-order valence-electron chi connectivity index (χ4n) is 2.55. The number of rotatable bonds is 1. The van der Waals surface area contributed by atoms with Gasteiger partial charge in [0.25, 0.3) is 5.91 Å². The van der Waals surface area contributed by atoms with E-state index in [1.54, 1.807) is 23.5 Å². The monoisotopic (exact) mass is 275 g/mol. The van der Waals surface area contributed by atoms with Crippen LogP contribution in [0.15, 0.2) is 35.7 Å². The minimum Gasteiger partial charge on any atom is -0.331 e. The van der Waals surface area contributed by atoms with Crippen LogP contribution in [-0.4, -0.2) is 17.4 Å². The molecule has 0 fully saturated rings. The smallest absolute Gasteiger partial charge is 0.254 e. The Balaban J connectivity index is 1.87. The Labute approximate surface area is 115 Å². The van der Waals surface area contributed by atoms with Gasteiger partial charge in [-0.2, -0.15) is 0 Å². The van der Waals surface area contributed by atoms with Crippen molar-refractivity contribution >= 4 is 17.2 Å². The lowest BCUT2D eigenvalue weighted by molar-refractivity contribution is 0.0679. The van der Waals surface area contributed by atoms with Crippen LogP contribution < -0.4 is 0 Å². The standard InChI is InChI=1S/C15H14FNOS/c1-10-13-7-9-19-14(13)6-8-17(10)15(18)11-2-4-12(16)5-3-11/h2-5,7,9-10H,6,8H2,1H3/t10-/m0/s1. The maximum atomic E-state index is 12.9. The van der Waals surface area contributed by atoms with Crippen molar-refractivity contribution in [1.29, 1.82) is 0 Å². The number of amides is 1. The zero-order valence-corrected chi connectivity index (χ0v) is 11.4. The molecular weight excluding hydrogens is 261 g/mol. The summed E-state index contributed by atoms with van der Waals surface area (Å²) >= 11 is 1.75. The summed E-state index contributed by atoms with van der Waals surface area (Å²) in [7, 11) is 0. The highest BCUT2D eigenvalue weighted by Gasteiger charge is 2.28. The van der Waals surface area contributed by atoms with Crippen LogP contribution in [0.25, 0.3) is 0 Å². The minimum atomic E-state index is -0.316. The molecule has 2 nitrogen and oxygen atoms in total. The molecule has 98 valence electrons. The average Bonchev–Trinajstić information content (AvgIpc) is 2.88. The Hall–Kier alpha value is -1.68. The summed E-state index contributed by atoms with van der Waals surface area (Å²) in [5.74, 6) is -0.340. The molecule has 0 N–H and O–H groups in total. The lowest BCUT2D eigenvalue weighted by Crippen LogP contribution is -2.38. The topological polar surface area (TPSA) is 20.3 Å². The van der Waals surface area contributed by atoms with Crippen LogP contribution in [0.4, 0.5) is 4.39 Å². The molecular formula is C15H14FNOS. The number of hydrogen-bond donors (Lipinski definition) is 0. The van der Waals surface area contributed by atoms with Crippen LogP contribution in [0.1, 0.15) is 33.8 Å².